The highest BCUT2D eigenvalue weighted by molar-refractivity contribution is 7.78. The summed E-state index contributed by atoms with van der Waals surface area (Å²) in [6, 6.07) is 0. The molecule has 0 aliphatic heterocycles. The third-order valence-electron chi connectivity index (χ3n) is 0. The molecule has 0 aliphatic rings. The number of nitrogens with one attached hydrogen (secondary N) is 1. The van der Waals surface area contributed by atoms with E-state index >= 15 is 0 Å². The van der Waals surface area contributed by atoms with Crippen molar-refractivity contribution >= 4 is 17.4 Å². The van der Waals surface area contributed by atoms with Crippen LogP contribution in [0, 0.1) is 5.41 Å². The zero-order chi connectivity index (χ0) is 5.41. The molecule has 0 spiro atoms. The van der Waals surface area contributed by atoms with Crippen molar-refractivity contribution in [2.24, 2.45) is 0 Å². The first-order chi connectivity index (χ1) is 2.83. The van der Waals surface area contributed by atoms with Gasteiger partial charge in [-0.15, -0.1) is 0 Å². The van der Waals surface area contributed by atoms with Gasteiger partial charge >= 0.3 is 0 Å². The number of aliphatic hydroxyl groups is 1. The molecule has 2 nitrogen and oxygen atoms in total. The maximum Gasteiger partial charge on any atom is 0.0554 e. The first-order valence-corrected chi connectivity index (χ1v) is 1.89. The van der Waals surface area contributed by atoms with E-state index in [-0.39, 0.29) is 6.61 Å². The van der Waals surface area contributed by atoms with E-state index in [0.717, 1.165) is 0 Å². The average molecular weight is 105 g/mol. The van der Waals surface area contributed by atoms with E-state index in [2.05, 4.69) is 12.2 Å². The minimum atomic E-state index is 0.250. The molecule has 0 aliphatic carbocycles. The number of hydrogen-bond donors (Lipinski definition) is 2. The fourth-order valence-electron chi connectivity index (χ4n) is 0. The summed E-state index contributed by atoms with van der Waals surface area (Å²) < 4.78 is 0. The van der Waals surface area contributed by atoms with Gasteiger partial charge in [0.25, 0.3) is 0 Å². The Kier molecular flexibility index (Phi) is 33.4. The van der Waals surface area contributed by atoms with Crippen LogP contribution in [0.3, 0.4) is 0 Å². The van der Waals surface area contributed by atoms with E-state index in [0.29, 0.717) is 0 Å². The second-order valence-electron chi connectivity index (χ2n) is 0.418. The van der Waals surface area contributed by atoms with E-state index in [9.17, 15) is 0 Å². The van der Waals surface area contributed by atoms with Gasteiger partial charge in [-0.1, -0.05) is 0 Å². The summed E-state index contributed by atoms with van der Waals surface area (Å²) >= 11 is 3.81. The van der Waals surface area contributed by atoms with Gasteiger partial charge in [0, 0.05) is 6.61 Å². The Hall–Kier alpha value is -0.240. The Morgan fingerprint density at radius 2 is 2.00 bits per heavy atom. The van der Waals surface area contributed by atoms with E-state index < -0.39 is 0 Å². The van der Waals surface area contributed by atoms with Crippen molar-refractivity contribution in [2.45, 2.75) is 6.92 Å². The largest absolute Gasteiger partial charge is 0.397 e. The van der Waals surface area contributed by atoms with Gasteiger partial charge in [0.2, 0.25) is 0 Å². The molecule has 0 radical (unpaired) electrons. The lowest BCUT2D eigenvalue weighted by atomic mass is 10.9. The molecule has 0 amide bonds. The third kappa shape index (κ3) is 497. The topological polar surface area (TPSA) is 44.1 Å². The molecule has 2 N–H and O–H groups in total. The van der Waals surface area contributed by atoms with Crippen LogP contribution in [0.25, 0.3) is 0 Å². The van der Waals surface area contributed by atoms with Crippen LogP contribution in [0.5, 0.6) is 0 Å². The van der Waals surface area contributed by atoms with Crippen LogP contribution in [-0.2, 0) is 0 Å². The number of thiocarbonyl (C=S) groups is 1. The second-order valence-corrected chi connectivity index (χ2v) is 0.622. The summed E-state index contributed by atoms with van der Waals surface area (Å²) in [5.74, 6) is 0. The highest BCUT2D eigenvalue weighted by Gasteiger charge is 1.34. The molecule has 3 heteroatoms. The van der Waals surface area contributed by atoms with Gasteiger partial charge in [-0.2, -0.15) is 0 Å². The summed E-state index contributed by atoms with van der Waals surface area (Å²) in [5, 5.41) is 14.9. The van der Waals surface area contributed by atoms with Crippen molar-refractivity contribution < 1.29 is 5.11 Å². The molecular formula is C3H7NOS. The van der Waals surface area contributed by atoms with Crippen LogP contribution >= 0.6 is 12.2 Å². The number of rotatable bonds is 0. The molecule has 0 aromatic carbocycles. The van der Waals surface area contributed by atoms with Gasteiger partial charge < -0.3 is 5.11 Å². The highest BCUT2D eigenvalue weighted by Crippen LogP contribution is 1.30. The fourth-order valence-corrected chi connectivity index (χ4v) is 0. The zero-order valence-corrected chi connectivity index (χ0v) is 4.38. The summed E-state index contributed by atoms with van der Waals surface area (Å²) in [4.78, 5) is 0. The van der Waals surface area contributed by atoms with Crippen LogP contribution < -0.4 is 0 Å². The lowest BCUT2D eigenvalue weighted by molar-refractivity contribution is 0.318. The van der Waals surface area contributed by atoms with Gasteiger partial charge in [0.15, 0.2) is 0 Å². The van der Waals surface area contributed by atoms with Crippen LogP contribution in [-0.4, -0.2) is 16.9 Å². The van der Waals surface area contributed by atoms with Gasteiger partial charge in [-0.05, 0) is 19.1 Å². The number of aliphatic hydroxyl groups excluding tert-OH is 1. The molecular weight excluding hydrogens is 98.1 g/mol. The Labute approximate surface area is 42.3 Å². The molecule has 6 heavy (non-hydrogen) atoms. The molecule has 0 unspecified atom stereocenters. The molecule has 0 saturated carbocycles. The van der Waals surface area contributed by atoms with Gasteiger partial charge in [0.05, 0.1) is 5.16 Å². The maximum absolute atomic E-state index is 7.57. The Morgan fingerprint density at radius 1 is 2.00 bits per heavy atom. The Balaban J connectivity index is 0. The average Bonchev–Trinajstić information content (AvgIpc) is 1.39. The first kappa shape index (κ1) is 9.23. The fraction of sp³-hybridized carbons (Fsp3) is 0.667. The van der Waals surface area contributed by atoms with E-state index in [4.69, 9.17) is 10.5 Å². The van der Waals surface area contributed by atoms with E-state index in [1.165, 1.54) is 0 Å². The molecule has 0 heterocycles. The second kappa shape index (κ2) is 21.7. The van der Waals surface area contributed by atoms with Crippen LogP contribution in [0.1, 0.15) is 6.92 Å². The van der Waals surface area contributed by atoms with Crippen molar-refractivity contribution in [3.8, 4) is 0 Å². The number of isothiocyanates is 1. The van der Waals surface area contributed by atoms with E-state index in [1.54, 1.807) is 12.1 Å². The van der Waals surface area contributed by atoms with Crippen LogP contribution in [0.2, 0.25) is 0 Å². The van der Waals surface area contributed by atoms with Crippen molar-refractivity contribution in [2.75, 3.05) is 6.61 Å². The predicted molar refractivity (Wildman–Crippen MR) is 28.1 cm³/mol. The van der Waals surface area contributed by atoms with Crippen molar-refractivity contribution in [3.05, 3.63) is 0 Å². The summed E-state index contributed by atoms with van der Waals surface area (Å²) in [6.07, 6.45) is 0. The van der Waals surface area contributed by atoms with Crippen molar-refractivity contribution in [1.29, 1.82) is 5.41 Å². The summed E-state index contributed by atoms with van der Waals surface area (Å²) in [7, 11) is 0. The smallest absolute Gasteiger partial charge is 0.0554 e. The molecule has 0 saturated heterocycles. The van der Waals surface area contributed by atoms with Crippen LogP contribution in [0.4, 0.5) is 0 Å². The van der Waals surface area contributed by atoms with Crippen molar-refractivity contribution in [1.82, 2.24) is 0 Å². The minimum Gasteiger partial charge on any atom is -0.397 e. The zero-order valence-electron chi connectivity index (χ0n) is 3.56. The lowest BCUT2D eigenvalue weighted by Gasteiger charge is -1.52. The van der Waals surface area contributed by atoms with Gasteiger partial charge in [0.1, 0.15) is 0 Å². The maximum atomic E-state index is 7.57. The molecule has 36 valence electrons. The van der Waals surface area contributed by atoms with Gasteiger partial charge in [-0.3, -0.25) is 0 Å². The lowest BCUT2D eigenvalue weighted by Crippen LogP contribution is -1.57. The summed E-state index contributed by atoms with van der Waals surface area (Å²) in [6.45, 7) is 1.93. The normalized spacial score (nSPS) is 4.33. The van der Waals surface area contributed by atoms with Gasteiger partial charge in [-0.25, -0.2) is 5.41 Å². The molecule has 0 bridgehead atoms. The monoisotopic (exact) mass is 105 g/mol. The molecule has 0 aromatic rings. The predicted octanol–water partition coefficient (Wildman–Crippen LogP) is 0.667. The van der Waals surface area contributed by atoms with E-state index in [1.807, 2.05) is 0 Å². The molecule has 0 rings (SSSR count). The molecule has 0 fully saturated rings. The summed E-state index contributed by atoms with van der Waals surface area (Å²) in [5.41, 5.74) is 0. The number of hydrogen-bond acceptors (Lipinski definition) is 3. The third-order valence-corrected chi connectivity index (χ3v) is 0. The molecule has 0 atom stereocenters. The Bertz CT molecular complexity index is 40.1. The first-order valence-electron chi connectivity index (χ1n) is 1.48. The van der Waals surface area contributed by atoms with Crippen molar-refractivity contribution in [3.63, 3.8) is 0 Å². The standard InChI is InChI=1S/C2H6O.CHNS/c1-2-3;2-1-3/h3H,2H2,1H3;2H. The van der Waals surface area contributed by atoms with Crippen LogP contribution in [0.15, 0.2) is 0 Å². The SMILES string of the molecule is CCO.N=C=S. The highest BCUT2D eigenvalue weighted by atomic mass is 32.1. The minimum absolute atomic E-state index is 0.250. The Morgan fingerprint density at radius 3 is 2.00 bits per heavy atom. The quantitative estimate of drug-likeness (QED) is 0.351. The molecule has 0 aromatic heterocycles.